The molecule has 0 saturated heterocycles. The van der Waals surface area contributed by atoms with E-state index in [0.717, 1.165) is 12.2 Å². The lowest BCUT2D eigenvalue weighted by Gasteiger charge is -2.51. The average Bonchev–Trinajstić information content (AvgIpc) is 2.28. The zero-order valence-electron chi connectivity index (χ0n) is 10.5. The quantitative estimate of drug-likeness (QED) is 0.740. The van der Waals surface area contributed by atoms with E-state index in [1.54, 1.807) is 13.2 Å². The molecule has 1 saturated carbocycles. The van der Waals surface area contributed by atoms with Crippen molar-refractivity contribution in [2.45, 2.75) is 32.4 Å². The third kappa shape index (κ3) is 2.02. The molecule has 0 aliphatic heterocycles. The van der Waals surface area contributed by atoms with Crippen LogP contribution in [0.5, 0.6) is 0 Å². The van der Waals surface area contributed by atoms with E-state index in [4.69, 9.17) is 16.2 Å². The minimum absolute atomic E-state index is 0.104. The van der Waals surface area contributed by atoms with Gasteiger partial charge in [-0.2, -0.15) is 0 Å². The van der Waals surface area contributed by atoms with Crippen molar-refractivity contribution in [1.82, 2.24) is 4.98 Å². The van der Waals surface area contributed by atoms with Gasteiger partial charge in [0.1, 0.15) is 11.6 Å². The van der Waals surface area contributed by atoms with Crippen LogP contribution in [0, 0.1) is 5.41 Å². The van der Waals surface area contributed by atoms with Crippen LogP contribution in [0.2, 0.25) is 0 Å². The summed E-state index contributed by atoms with van der Waals surface area (Å²) < 4.78 is 5.41. The molecule has 1 aliphatic rings. The first kappa shape index (κ1) is 12.0. The van der Waals surface area contributed by atoms with Gasteiger partial charge in [0.15, 0.2) is 0 Å². The van der Waals surface area contributed by atoms with E-state index < -0.39 is 0 Å². The molecule has 5 nitrogen and oxygen atoms in total. The fraction of sp³-hybridized carbons (Fsp3) is 0.583. The van der Waals surface area contributed by atoms with Gasteiger partial charge in [-0.05, 0) is 18.6 Å². The average molecular weight is 236 g/mol. The molecule has 5 N–H and O–H groups in total. The lowest BCUT2D eigenvalue weighted by atomic mass is 9.64. The minimum atomic E-state index is 0.104. The number of hydrogen-bond donors (Lipinski definition) is 3. The topological polar surface area (TPSA) is 86.2 Å². The fourth-order valence-electron chi connectivity index (χ4n) is 2.27. The van der Waals surface area contributed by atoms with Crippen molar-refractivity contribution in [2.75, 3.05) is 23.9 Å². The van der Waals surface area contributed by atoms with Gasteiger partial charge in [0, 0.05) is 18.6 Å². The summed E-state index contributed by atoms with van der Waals surface area (Å²) in [5, 5.41) is 3.37. The molecule has 17 heavy (non-hydrogen) atoms. The lowest BCUT2D eigenvalue weighted by Crippen LogP contribution is -2.57. The summed E-state index contributed by atoms with van der Waals surface area (Å²) in [7, 11) is 1.75. The second-order valence-corrected chi connectivity index (χ2v) is 5.15. The Balaban J connectivity index is 2.05. The SMILES string of the molecule is COC1CC(Nc2ccc(N)c(N)n2)C1(C)C. The number of pyridine rings is 1. The Labute approximate surface area is 102 Å². The number of nitrogens with zero attached hydrogens (tertiary/aromatic N) is 1. The van der Waals surface area contributed by atoms with E-state index in [2.05, 4.69) is 24.1 Å². The van der Waals surface area contributed by atoms with Crippen LogP contribution in [0.15, 0.2) is 12.1 Å². The summed E-state index contributed by atoms with van der Waals surface area (Å²) >= 11 is 0. The van der Waals surface area contributed by atoms with E-state index in [1.165, 1.54) is 0 Å². The summed E-state index contributed by atoms with van der Waals surface area (Å²) in [6.07, 6.45) is 1.28. The Bertz CT molecular complexity index is 419. The number of rotatable bonds is 3. The Kier molecular flexibility index (Phi) is 2.87. The first-order valence-electron chi connectivity index (χ1n) is 5.76. The zero-order valence-corrected chi connectivity index (χ0v) is 10.5. The Morgan fingerprint density at radius 1 is 1.41 bits per heavy atom. The summed E-state index contributed by atoms with van der Waals surface area (Å²) in [5.41, 5.74) is 11.9. The number of hydrogen-bond acceptors (Lipinski definition) is 5. The van der Waals surface area contributed by atoms with E-state index in [1.807, 2.05) is 6.07 Å². The van der Waals surface area contributed by atoms with E-state index in [-0.39, 0.29) is 5.41 Å². The highest BCUT2D eigenvalue weighted by Gasteiger charge is 2.48. The second kappa shape index (κ2) is 4.07. The van der Waals surface area contributed by atoms with Crippen LogP contribution >= 0.6 is 0 Å². The molecule has 0 aromatic carbocycles. The van der Waals surface area contributed by atoms with Gasteiger partial charge in [-0.3, -0.25) is 0 Å². The van der Waals surface area contributed by atoms with Crippen molar-refractivity contribution in [3.05, 3.63) is 12.1 Å². The molecule has 0 radical (unpaired) electrons. The normalized spacial score (nSPS) is 26.3. The molecular weight excluding hydrogens is 216 g/mol. The Morgan fingerprint density at radius 2 is 2.12 bits per heavy atom. The zero-order chi connectivity index (χ0) is 12.6. The van der Waals surface area contributed by atoms with Crippen LogP contribution in [0.3, 0.4) is 0 Å². The van der Waals surface area contributed by atoms with Crippen molar-refractivity contribution in [1.29, 1.82) is 0 Å². The molecule has 0 amide bonds. The van der Waals surface area contributed by atoms with E-state index in [9.17, 15) is 0 Å². The maximum Gasteiger partial charge on any atom is 0.149 e. The van der Waals surface area contributed by atoms with Crippen LogP contribution in [-0.2, 0) is 4.74 Å². The molecule has 94 valence electrons. The summed E-state index contributed by atoms with van der Waals surface area (Å²) in [6.45, 7) is 4.37. The van der Waals surface area contributed by atoms with Gasteiger partial charge >= 0.3 is 0 Å². The van der Waals surface area contributed by atoms with E-state index in [0.29, 0.717) is 23.7 Å². The van der Waals surface area contributed by atoms with Gasteiger partial charge in [-0.25, -0.2) is 4.98 Å². The van der Waals surface area contributed by atoms with Crippen molar-refractivity contribution in [3.8, 4) is 0 Å². The number of ether oxygens (including phenoxy) is 1. The number of nitrogens with two attached hydrogens (primary N) is 2. The molecular formula is C12H20N4O. The van der Waals surface area contributed by atoms with Crippen LogP contribution in [0.4, 0.5) is 17.3 Å². The fourth-order valence-corrected chi connectivity index (χ4v) is 2.27. The van der Waals surface area contributed by atoms with Crippen LogP contribution < -0.4 is 16.8 Å². The molecule has 5 heteroatoms. The van der Waals surface area contributed by atoms with Gasteiger partial charge in [-0.15, -0.1) is 0 Å². The molecule has 1 aliphatic carbocycles. The summed E-state index contributed by atoms with van der Waals surface area (Å²) in [4.78, 5) is 4.21. The lowest BCUT2D eigenvalue weighted by molar-refractivity contribution is -0.0795. The van der Waals surface area contributed by atoms with Gasteiger partial charge in [0.05, 0.1) is 11.8 Å². The first-order chi connectivity index (χ1) is 7.95. The minimum Gasteiger partial charge on any atom is -0.396 e. The van der Waals surface area contributed by atoms with Gasteiger partial charge in [0.25, 0.3) is 0 Å². The van der Waals surface area contributed by atoms with Crippen LogP contribution in [0.1, 0.15) is 20.3 Å². The highest BCUT2D eigenvalue weighted by molar-refractivity contribution is 5.61. The van der Waals surface area contributed by atoms with E-state index >= 15 is 0 Å². The smallest absolute Gasteiger partial charge is 0.149 e. The van der Waals surface area contributed by atoms with Crippen molar-refractivity contribution in [3.63, 3.8) is 0 Å². The number of aromatic nitrogens is 1. The number of nitrogens with one attached hydrogen (secondary N) is 1. The van der Waals surface area contributed by atoms with Gasteiger partial charge < -0.3 is 21.5 Å². The van der Waals surface area contributed by atoms with Crippen LogP contribution in [0.25, 0.3) is 0 Å². The molecule has 1 aromatic rings. The third-order valence-electron chi connectivity index (χ3n) is 3.74. The van der Waals surface area contributed by atoms with Crippen LogP contribution in [-0.4, -0.2) is 24.2 Å². The monoisotopic (exact) mass is 236 g/mol. The largest absolute Gasteiger partial charge is 0.396 e. The van der Waals surface area contributed by atoms with Crippen molar-refractivity contribution >= 4 is 17.3 Å². The highest BCUT2D eigenvalue weighted by atomic mass is 16.5. The van der Waals surface area contributed by atoms with Gasteiger partial charge in [-0.1, -0.05) is 13.8 Å². The highest BCUT2D eigenvalue weighted by Crippen LogP contribution is 2.43. The van der Waals surface area contributed by atoms with Crippen molar-refractivity contribution in [2.24, 2.45) is 5.41 Å². The third-order valence-corrected chi connectivity index (χ3v) is 3.74. The number of methoxy groups -OCH3 is 1. The standard InChI is InChI=1S/C12H20N4O/c1-12(2)8(6-9(12)17-3)15-10-5-4-7(13)11(14)16-10/h4-5,8-9H,6,13H2,1-3H3,(H3,14,15,16). The molecule has 0 spiro atoms. The molecule has 2 rings (SSSR count). The Morgan fingerprint density at radius 3 is 2.65 bits per heavy atom. The molecule has 2 atom stereocenters. The second-order valence-electron chi connectivity index (χ2n) is 5.15. The molecule has 1 fully saturated rings. The molecule has 2 unspecified atom stereocenters. The predicted molar refractivity (Wildman–Crippen MR) is 69.7 cm³/mol. The Hall–Kier alpha value is -1.49. The van der Waals surface area contributed by atoms with Gasteiger partial charge in [0.2, 0.25) is 0 Å². The number of anilines is 3. The number of nitrogen functional groups attached to an aromatic ring is 2. The molecule has 0 bridgehead atoms. The molecule has 1 aromatic heterocycles. The summed E-state index contributed by atoms with van der Waals surface area (Å²) in [5.74, 6) is 1.14. The maximum absolute atomic E-state index is 5.68. The summed E-state index contributed by atoms with van der Waals surface area (Å²) in [6, 6.07) is 3.97. The molecule has 1 heterocycles. The predicted octanol–water partition coefficient (Wildman–Crippen LogP) is 1.47. The maximum atomic E-state index is 5.68. The first-order valence-corrected chi connectivity index (χ1v) is 5.76. The van der Waals surface area contributed by atoms with Crippen molar-refractivity contribution < 1.29 is 4.74 Å².